The summed E-state index contributed by atoms with van der Waals surface area (Å²) in [6.45, 7) is 8.05. The van der Waals surface area contributed by atoms with Gasteiger partial charge in [-0.15, -0.1) is 24.8 Å². The predicted octanol–water partition coefficient (Wildman–Crippen LogP) is 4.19. The Labute approximate surface area is 144 Å². The van der Waals surface area contributed by atoms with Crippen LogP contribution >= 0.6 is 24.8 Å². The van der Waals surface area contributed by atoms with Crippen LogP contribution in [0.25, 0.3) is 0 Å². The van der Waals surface area contributed by atoms with Crippen LogP contribution in [0.3, 0.4) is 0 Å². The SMILES string of the molecule is CC(C)CC[C@@H](c1ccc(F)cc1F)N1CCNCC1.Cl.Cl. The van der Waals surface area contributed by atoms with Gasteiger partial charge in [0, 0.05) is 43.9 Å². The summed E-state index contributed by atoms with van der Waals surface area (Å²) < 4.78 is 27.2. The first kappa shape index (κ1) is 21.6. The molecular formula is C16H26Cl2F2N2. The van der Waals surface area contributed by atoms with E-state index in [0.717, 1.165) is 45.1 Å². The number of benzene rings is 1. The fraction of sp³-hybridized carbons (Fsp3) is 0.625. The van der Waals surface area contributed by atoms with Crippen LogP contribution in [0.15, 0.2) is 18.2 Å². The minimum absolute atomic E-state index is 0. The van der Waals surface area contributed by atoms with Crippen LogP contribution in [0.5, 0.6) is 0 Å². The summed E-state index contributed by atoms with van der Waals surface area (Å²) in [5.41, 5.74) is 0.633. The van der Waals surface area contributed by atoms with Crippen molar-refractivity contribution in [2.24, 2.45) is 5.92 Å². The van der Waals surface area contributed by atoms with Crippen molar-refractivity contribution in [3.05, 3.63) is 35.4 Å². The highest BCUT2D eigenvalue weighted by Crippen LogP contribution is 2.29. The molecule has 2 nitrogen and oxygen atoms in total. The molecule has 0 amide bonds. The standard InChI is InChI=1S/C16H24F2N2.2ClH/c1-12(2)3-6-16(20-9-7-19-8-10-20)14-5-4-13(17)11-15(14)18;;/h4-5,11-12,16,19H,3,6-10H2,1-2H3;2*1H/t16-;;/m0../s1. The highest BCUT2D eigenvalue weighted by molar-refractivity contribution is 5.85. The van der Waals surface area contributed by atoms with Crippen molar-refractivity contribution in [1.29, 1.82) is 0 Å². The molecule has 1 fully saturated rings. The van der Waals surface area contributed by atoms with Crippen LogP contribution in [0.4, 0.5) is 8.78 Å². The van der Waals surface area contributed by atoms with E-state index in [2.05, 4.69) is 24.1 Å². The van der Waals surface area contributed by atoms with Crippen molar-refractivity contribution in [3.8, 4) is 0 Å². The Kier molecular flexibility index (Phi) is 10.2. The second-order valence-corrected chi connectivity index (χ2v) is 5.94. The average Bonchev–Trinajstić information content (AvgIpc) is 2.42. The van der Waals surface area contributed by atoms with Crippen molar-refractivity contribution >= 4 is 24.8 Å². The van der Waals surface area contributed by atoms with Crippen LogP contribution in [0.2, 0.25) is 0 Å². The van der Waals surface area contributed by atoms with E-state index in [4.69, 9.17) is 0 Å². The smallest absolute Gasteiger partial charge is 0.130 e. The highest BCUT2D eigenvalue weighted by Gasteiger charge is 2.24. The van der Waals surface area contributed by atoms with E-state index in [9.17, 15) is 8.78 Å². The van der Waals surface area contributed by atoms with Gasteiger partial charge in [0.05, 0.1) is 0 Å². The van der Waals surface area contributed by atoms with Crippen LogP contribution in [-0.4, -0.2) is 31.1 Å². The van der Waals surface area contributed by atoms with E-state index in [0.29, 0.717) is 11.5 Å². The van der Waals surface area contributed by atoms with Crippen molar-refractivity contribution in [1.82, 2.24) is 10.2 Å². The number of halogens is 4. The summed E-state index contributed by atoms with van der Waals surface area (Å²) >= 11 is 0. The van der Waals surface area contributed by atoms with Gasteiger partial charge in [0.25, 0.3) is 0 Å². The molecule has 0 saturated carbocycles. The number of nitrogens with one attached hydrogen (secondary N) is 1. The third-order valence-electron chi connectivity index (χ3n) is 3.93. The molecule has 1 aromatic carbocycles. The fourth-order valence-electron chi connectivity index (χ4n) is 2.79. The molecule has 0 aliphatic carbocycles. The van der Waals surface area contributed by atoms with Gasteiger partial charge in [-0.3, -0.25) is 4.90 Å². The van der Waals surface area contributed by atoms with E-state index < -0.39 is 11.6 Å². The molecule has 0 spiro atoms. The van der Waals surface area contributed by atoms with Crippen LogP contribution in [0.1, 0.15) is 38.3 Å². The summed E-state index contributed by atoms with van der Waals surface area (Å²) in [5, 5.41) is 3.31. The number of rotatable bonds is 5. The van der Waals surface area contributed by atoms with Gasteiger partial charge in [0.1, 0.15) is 11.6 Å². The van der Waals surface area contributed by atoms with Crippen LogP contribution in [-0.2, 0) is 0 Å². The van der Waals surface area contributed by atoms with Crippen molar-refractivity contribution < 1.29 is 8.78 Å². The first-order valence-electron chi connectivity index (χ1n) is 7.47. The molecular weight excluding hydrogens is 329 g/mol. The molecule has 1 aliphatic heterocycles. The monoisotopic (exact) mass is 354 g/mol. The maximum Gasteiger partial charge on any atom is 0.130 e. The van der Waals surface area contributed by atoms with Crippen LogP contribution < -0.4 is 5.32 Å². The summed E-state index contributed by atoms with van der Waals surface area (Å²) in [5.74, 6) is -0.338. The third-order valence-corrected chi connectivity index (χ3v) is 3.93. The lowest BCUT2D eigenvalue weighted by molar-refractivity contribution is 0.156. The Morgan fingerprint density at radius 1 is 1.09 bits per heavy atom. The van der Waals surface area contributed by atoms with Crippen molar-refractivity contribution in [2.45, 2.75) is 32.7 Å². The lowest BCUT2D eigenvalue weighted by Crippen LogP contribution is -2.45. The average molecular weight is 355 g/mol. The van der Waals surface area contributed by atoms with Gasteiger partial charge in [-0.1, -0.05) is 19.9 Å². The number of hydrogen-bond acceptors (Lipinski definition) is 2. The van der Waals surface area contributed by atoms with Gasteiger partial charge in [-0.2, -0.15) is 0 Å². The molecule has 128 valence electrons. The number of hydrogen-bond donors (Lipinski definition) is 1. The molecule has 0 bridgehead atoms. The van der Waals surface area contributed by atoms with Crippen molar-refractivity contribution in [2.75, 3.05) is 26.2 Å². The Bertz CT molecular complexity index is 438. The van der Waals surface area contributed by atoms with Gasteiger partial charge in [0.15, 0.2) is 0 Å². The molecule has 1 heterocycles. The Morgan fingerprint density at radius 3 is 2.27 bits per heavy atom. The zero-order valence-corrected chi connectivity index (χ0v) is 14.8. The van der Waals surface area contributed by atoms with Gasteiger partial charge in [0.2, 0.25) is 0 Å². The van der Waals surface area contributed by atoms with Gasteiger partial charge >= 0.3 is 0 Å². The van der Waals surface area contributed by atoms with E-state index in [1.54, 1.807) is 6.07 Å². The Hall–Kier alpha value is -0.420. The Balaban J connectivity index is 0.00000220. The molecule has 6 heteroatoms. The third kappa shape index (κ3) is 5.99. The second kappa shape index (κ2) is 10.4. The number of nitrogens with zero attached hydrogens (tertiary/aromatic N) is 1. The highest BCUT2D eigenvalue weighted by atomic mass is 35.5. The Morgan fingerprint density at radius 2 is 1.73 bits per heavy atom. The summed E-state index contributed by atoms with van der Waals surface area (Å²) in [4.78, 5) is 2.31. The van der Waals surface area contributed by atoms with Gasteiger partial charge < -0.3 is 5.32 Å². The first-order valence-corrected chi connectivity index (χ1v) is 7.47. The van der Waals surface area contributed by atoms with E-state index >= 15 is 0 Å². The zero-order valence-electron chi connectivity index (χ0n) is 13.1. The predicted molar refractivity (Wildman–Crippen MR) is 92.1 cm³/mol. The normalized spacial score (nSPS) is 16.8. The molecule has 2 rings (SSSR count). The maximum atomic E-state index is 14.1. The molecule has 1 aromatic rings. The molecule has 22 heavy (non-hydrogen) atoms. The lowest BCUT2D eigenvalue weighted by Gasteiger charge is -2.35. The summed E-state index contributed by atoms with van der Waals surface area (Å²) in [6, 6.07) is 4.03. The molecule has 1 saturated heterocycles. The first-order chi connectivity index (χ1) is 9.58. The van der Waals surface area contributed by atoms with Crippen LogP contribution in [0, 0.1) is 17.6 Å². The zero-order chi connectivity index (χ0) is 14.5. The topological polar surface area (TPSA) is 15.3 Å². The van der Waals surface area contributed by atoms with E-state index in [1.807, 2.05) is 0 Å². The quantitative estimate of drug-likeness (QED) is 0.852. The molecule has 0 unspecified atom stereocenters. The maximum absolute atomic E-state index is 14.1. The van der Waals surface area contributed by atoms with Gasteiger partial charge in [-0.25, -0.2) is 8.78 Å². The largest absolute Gasteiger partial charge is 0.314 e. The molecule has 0 radical (unpaired) electrons. The van der Waals surface area contributed by atoms with Crippen molar-refractivity contribution in [3.63, 3.8) is 0 Å². The summed E-state index contributed by atoms with van der Waals surface area (Å²) in [6.07, 6.45) is 1.96. The molecule has 1 aliphatic rings. The molecule has 1 N–H and O–H groups in total. The molecule has 0 aromatic heterocycles. The second-order valence-electron chi connectivity index (χ2n) is 5.94. The van der Waals surface area contributed by atoms with E-state index in [-0.39, 0.29) is 30.9 Å². The van der Waals surface area contributed by atoms with Gasteiger partial charge in [-0.05, 0) is 24.8 Å². The minimum atomic E-state index is -0.505. The lowest BCUT2D eigenvalue weighted by atomic mass is 9.95. The fourth-order valence-corrected chi connectivity index (χ4v) is 2.79. The van der Waals surface area contributed by atoms with E-state index in [1.165, 1.54) is 6.07 Å². The summed E-state index contributed by atoms with van der Waals surface area (Å²) in [7, 11) is 0. The molecule has 1 atom stereocenters. The number of piperazine rings is 1. The minimum Gasteiger partial charge on any atom is -0.314 e.